The van der Waals surface area contributed by atoms with Crippen LogP contribution in [0.2, 0.25) is 0 Å². The second kappa shape index (κ2) is 8.61. The van der Waals surface area contributed by atoms with Gasteiger partial charge in [0.05, 0.1) is 22.2 Å². The van der Waals surface area contributed by atoms with Gasteiger partial charge in [-0.3, -0.25) is 0 Å². The van der Waals surface area contributed by atoms with Crippen LogP contribution in [0.25, 0.3) is 55.7 Å². The molecule has 0 radical (unpaired) electrons. The Morgan fingerprint density at radius 3 is 1.82 bits per heavy atom. The van der Waals surface area contributed by atoms with Gasteiger partial charge in [-0.25, -0.2) is 0 Å². The number of hydrogen-bond donors (Lipinski definition) is 0. The largest absolute Gasteiger partial charge is 0.310 e. The lowest BCUT2D eigenvalue weighted by Crippen LogP contribution is -2.10. The van der Waals surface area contributed by atoms with Gasteiger partial charge < -0.3 is 9.13 Å². The van der Waals surface area contributed by atoms with Gasteiger partial charge in [0.25, 0.3) is 0 Å². The Bertz CT molecular complexity index is 2040. The first kappa shape index (κ1) is 22.2. The Morgan fingerprint density at radius 1 is 0.538 bits per heavy atom. The molecule has 0 bridgehead atoms. The van der Waals surface area contributed by atoms with Crippen molar-refractivity contribution in [3.8, 4) is 11.4 Å². The zero-order valence-corrected chi connectivity index (χ0v) is 21.9. The highest BCUT2D eigenvalue weighted by molar-refractivity contribution is 6.10. The molecule has 2 aromatic heterocycles. The first-order valence-corrected chi connectivity index (χ1v) is 13.8. The average Bonchev–Trinajstić information content (AvgIpc) is 3.49. The van der Waals surface area contributed by atoms with Crippen LogP contribution in [0.3, 0.4) is 0 Å². The Morgan fingerprint density at radius 2 is 1.10 bits per heavy atom. The number of benzene rings is 5. The molecule has 7 aromatic rings. The summed E-state index contributed by atoms with van der Waals surface area (Å²) in [7, 11) is 0. The van der Waals surface area contributed by atoms with E-state index < -0.39 is 0 Å². The molecule has 0 saturated heterocycles. The van der Waals surface area contributed by atoms with Crippen molar-refractivity contribution in [2.45, 2.75) is 13.3 Å². The molecule has 0 saturated carbocycles. The van der Waals surface area contributed by atoms with Gasteiger partial charge >= 0.3 is 0 Å². The van der Waals surface area contributed by atoms with E-state index in [1.807, 2.05) is 0 Å². The van der Waals surface area contributed by atoms with Crippen molar-refractivity contribution in [3.63, 3.8) is 0 Å². The van der Waals surface area contributed by atoms with Crippen molar-refractivity contribution in [2.75, 3.05) is 0 Å². The molecule has 5 aromatic carbocycles. The molecule has 0 N–H and O–H groups in total. The van der Waals surface area contributed by atoms with E-state index >= 15 is 0 Å². The standard InChI is InChI=1S/C37H28N2/c1-25-22-33-30-17-9-11-19-35(30)39(28-14-6-3-7-15-28)37(33)24-32(25)26-20-21-31-29-16-8-10-18-34(29)38(36(31)23-26)27-12-4-2-5-13-27/h2-21,23-25H,22H2,1H3. The summed E-state index contributed by atoms with van der Waals surface area (Å²) < 4.78 is 4.85. The van der Waals surface area contributed by atoms with Crippen molar-refractivity contribution >= 4 is 44.4 Å². The minimum absolute atomic E-state index is 0.416. The Labute approximate surface area is 228 Å². The number of para-hydroxylation sites is 4. The number of nitrogens with zero attached hydrogens (tertiary/aromatic N) is 2. The fourth-order valence-electron chi connectivity index (χ4n) is 6.63. The van der Waals surface area contributed by atoms with Gasteiger partial charge in [-0.2, -0.15) is 0 Å². The molecule has 0 fully saturated rings. The highest BCUT2D eigenvalue weighted by atomic mass is 15.0. The molecule has 1 aliphatic carbocycles. The molecule has 186 valence electrons. The zero-order chi connectivity index (χ0) is 25.9. The summed E-state index contributed by atoms with van der Waals surface area (Å²) in [5.41, 5.74) is 11.6. The van der Waals surface area contributed by atoms with Crippen molar-refractivity contribution in [3.05, 3.63) is 144 Å². The minimum atomic E-state index is 0.416. The number of aromatic nitrogens is 2. The summed E-state index contributed by atoms with van der Waals surface area (Å²) >= 11 is 0. The molecule has 0 amide bonds. The second-order valence-electron chi connectivity index (χ2n) is 10.7. The topological polar surface area (TPSA) is 9.86 Å². The van der Waals surface area contributed by atoms with Crippen LogP contribution in [0.5, 0.6) is 0 Å². The van der Waals surface area contributed by atoms with E-state index in [0.717, 1.165) is 6.42 Å². The smallest absolute Gasteiger partial charge is 0.0547 e. The number of rotatable bonds is 3. The molecule has 1 aliphatic rings. The fourth-order valence-corrected chi connectivity index (χ4v) is 6.63. The quantitative estimate of drug-likeness (QED) is 0.229. The van der Waals surface area contributed by atoms with Crippen molar-refractivity contribution < 1.29 is 0 Å². The lowest BCUT2D eigenvalue weighted by atomic mass is 9.83. The molecule has 2 heteroatoms. The lowest BCUT2D eigenvalue weighted by molar-refractivity contribution is 0.738. The molecule has 1 atom stereocenters. The van der Waals surface area contributed by atoms with Crippen LogP contribution in [0.1, 0.15) is 23.7 Å². The third-order valence-corrected chi connectivity index (χ3v) is 8.39. The summed E-state index contributed by atoms with van der Waals surface area (Å²) in [6.45, 7) is 2.38. The summed E-state index contributed by atoms with van der Waals surface area (Å²) in [6, 6.07) is 46.1. The maximum absolute atomic E-state index is 2.45. The van der Waals surface area contributed by atoms with Crippen LogP contribution in [0.4, 0.5) is 0 Å². The van der Waals surface area contributed by atoms with E-state index in [4.69, 9.17) is 0 Å². The third-order valence-electron chi connectivity index (χ3n) is 8.39. The van der Waals surface area contributed by atoms with Gasteiger partial charge in [-0.1, -0.05) is 91.9 Å². The molecular formula is C37H28N2. The predicted octanol–water partition coefficient (Wildman–Crippen LogP) is 9.46. The van der Waals surface area contributed by atoms with Gasteiger partial charge in [0.15, 0.2) is 0 Å². The van der Waals surface area contributed by atoms with E-state index in [2.05, 4.69) is 150 Å². The second-order valence-corrected chi connectivity index (χ2v) is 10.7. The molecular weight excluding hydrogens is 472 g/mol. The fraction of sp³-hybridized carbons (Fsp3) is 0.0811. The molecule has 2 heterocycles. The summed E-state index contributed by atoms with van der Waals surface area (Å²) in [5, 5.41) is 3.94. The maximum atomic E-state index is 2.45. The van der Waals surface area contributed by atoms with Gasteiger partial charge in [-0.05, 0) is 77.6 Å². The molecule has 39 heavy (non-hydrogen) atoms. The minimum Gasteiger partial charge on any atom is -0.310 e. The summed E-state index contributed by atoms with van der Waals surface area (Å²) in [4.78, 5) is 0. The zero-order valence-electron chi connectivity index (χ0n) is 21.9. The molecule has 8 rings (SSSR count). The van der Waals surface area contributed by atoms with E-state index in [-0.39, 0.29) is 0 Å². The number of fused-ring (bicyclic) bond motifs is 6. The Kier molecular flexibility index (Phi) is 4.90. The van der Waals surface area contributed by atoms with Crippen LogP contribution in [0, 0.1) is 5.92 Å². The van der Waals surface area contributed by atoms with E-state index in [1.54, 1.807) is 0 Å². The Hall–Kier alpha value is -4.82. The monoisotopic (exact) mass is 500 g/mol. The van der Waals surface area contributed by atoms with Crippen LogP contribution in [0.15, 0.2) is 127 Å². The summed E-state index contributed by atoms with van der Waals surface area (Å²) in [5.74, 6) is 0.416. The first-order chi connectivity index (χ1) is 19.3. The van der Waals surface area contributed by atoms with Crippen LogP contribution in [-0.2, 0) is 6.42 Å². The van der Waals surface area contributed by atoms with Crippen LogP contribution in [-0.4, -0.2) is 9.13 Å². The highest BCUT2D eigenvalue weighted by Crippen LogP contribution is 2.42. The summed E-state index contributed by atoms with van der Waals surface area (Å²) in [6.07, 6.45) is 3.48. The van der Waals surface area contributed by atoms with E-state index in [1.165, 1.54) is 66.5 Å². The van der Waals surface area contributed by atoms with Crippen molar-refractivity contribution in [1.29, 1.82) is 0 Å². The lowest BCUT2D eigenvalue weighted by Gasteiger charge is -2.23. The maximum Gasteiger partial charge on any atom is 0.0547 e. The third kappa shape index (κ3) is 3.35. The van der Waals surface area contributed by atoms with Gasteiger partial charge in [-0.15, -0.1) is 0 Å². The van der Waals surface area contributed by atoms with Crippen molar-refractivity contribution in [1.82, 2.24) is 9.13 Å². The number of allylic oxidation sites excluding steroid dienone is 1. The predicted molar refractivity (Wildman–Crippen MR) is 165 cm³/mol. The highest BCUT2D eigenvalue weighted by Gasteiger charge is 2.26. The molecule has 1 unspecified atom stereocenters. The van der Waals surface area contributed by atoms with Crippen LogP contribution >= 0.6 is 0 Å². The molecule has 0 aliphatic heterocycles. The number of hydrogen-bond acceptors (Lipinski definition) is 0. The van der Waals surface area contributed by atoms with Crippen molar-refractivity contribution in [2.24, 2.45) is 5.92 Å². The van der Waals surface area contributed by atoms with Crippen LogP contribution < -0.4 is 0 Å². The Balaban J connectivity index is 1.38. The normalized spacial score (nSPS) is 15.1. The van der Waals surface area contributed by atoms with E-state index in [9.17, 15) is 0 Å². The van der Waals surface area contributed by atoms with Gasteiger partial charge in [0.1, 0.15) is 0 Å². The van der Waals surface area contributed by atoms with E-state index in [0.29, 0.717) is 5.92 Å². The average molecular weight is 501 g/mol. The molecule has 2 nitrogen and oxygen atoms in total. The SMILES string of the molecule is CC1Cc2c(n(-c3ccccc3)c3ccccc23)C=C1c1ccc2c3ccccc3n(-c3ccccc3)c2c1. The molecule has 0 spiro atoms. The van der Waals surface area contributed by atoms with Gasteiger partial charge in [0.2, 0.25) is 0 Å². The first-order valence-electron chi connectivity index (χ1n) is 13.8. The van der Waals surface area contributed by atoms with Gasteiger partial charge in [0, 0.05) is 27.5 Å².